The van der Waals surface area contributed by atoms with E-state index in [9.17, 15) is 4.79 Å². The van der Waals surface area contributed by atoms with Crippen LogP contribution in [0.25, 0.3) is 0 Å². The highest BCUT2D eigenvalue weighted by molar-refractivity contribution is 9.10. The summed E-state index contributed by atoms with van der Waals surface area (Å²) in [7, 11) is 0. The SMILES string of the molecule is O=C(COc1ccc(Br)cc1)NC1CCN(C2CCCCCC2)C1. The van der Waals surface area contributed by atoms with Crippen molar-refractivity contribution in [3.8, 4) is 5.75 Å². The van der Waals surface area contributed by atoms with Crippen LogP contribution in [-0.2, 0) is 4.79 Å². The van der Waals surface area contributed by atoms with Crippen molar-refractivity contribution in [2.75, 3.05) is 19.7 Å². The zero-order valence-electron chi connectivity index (χ0n) is 14.2. The van der Waals surface area contributed by atoms with E-state index < -0.39 is 0 Å². The van der Waals surface area contributed by atoms with Crippen LogP contribution in [0.2, 0.25) is 0 Å². The topological polar surface area (TPSA) is 41.6 Å². The molecule has 0 bridgehead atoms. The van der Waals surface area contributed by atoms with Gasteiger partial charge in [0.05, 0.1) is 0 Å². The van der Waals surface area contributed by atoms with Gasteiger partial charge in [0.25, 0.3) is 5.91 Å². The van der Waals surface area contributed by atoms with Crippen LogP contribution in [0, 0.1) is 0 Å². The number of nitrogens with one attached hydrogen (secondary N) is 1. The number of nitrogens with zero attached hydrogens (tertiary/aromatic N) is 1. The Morgan fingerprint density at radius 2 is 1.83 bits per heavy atom. The van der Waals surface area contributed by atoms with Gasteiger partial charge in [0, 0.05) is 29.6 Å². The number of hydrogen-bond donors (Lipinski definition) is 1. The van der Waals surface area contributed by atoms with E-state index in [-0.39, 0.29) is 18.6 Å². The molecule has 1 heterocycles. The fourth-order valence-electron chi connectivity index (χ4n) is 3.81. The fraction of sp³-hybridized carbons (Fsp3) is 0.632. The molecule has 24 heavy (non-hydrogen) atoms. The molecule has 0 spiro atoms. The normalized spacial score (nSPS) is 23.0. The van der Waals surface area contributed by atoms with E-state index >= 15 is 0 Å². The molecule has 1 atom stereocenters. The van der Waals surface area contributed by atoms with Crippen LogP contribution in [0.4, 0.5) is 0 Å². The number of amides is 1. The largest absolute Gasteiger partial charge is 0.484 e. The Hall–Kier alpha value is -1.07. The van der Waals surface area contributed by atoms with Crippen LogP contribution < -0.4 is 10.1 Å². The second-order valence-electron chi connectivity index (χ2n) is 6.94. The van der Waals surface area contributed by atoms with Gasteiger partial charge in [-0.3, -0.25) is 9.69 Å². The molecule has 1 amide bonds. The molecule has 5 heteroatoms. The van der Waals surface area contributed by atoms with Gasteiger partial charge < -0.3 is 10.1 Å². The number of halogens is 1. The lowest BCUT2D eigenvalue weighted by Gasteiger charge is -2.26. The number of carbonyl (C=O) groups excluding carboxylic acids is 1. The van der Waals surface area contributed by atoms with Crippen LogP contribution in [-0.4, -0.2) is 42.6 Å². The molecule has 0 aromatic heterocycles. The molecule has 1 N–H and O–H groups in total. The summed E-state index contributed by atoms with van der Waals surface area (Å²) in [6.45, 7) is 2.19. The van der Waals surface area contributed by atoms with Crippen LogP contribution in [0.5, 0.6) is 5.75 Å². The van der Waals surface area contributed by atoms with Gasteiger partial charge in [-0.05, 0) is 43.5 Å². The summed E-state index contributed by atoms with van der Waals surface area (Å²) in [6, 6.07) is 8.55. The zero-order chi connectivity index (χ0) is 16.8. The van der Waals surface area contributed by atoms with Gasteiger partial charge in [-0.1, -0.05) is 41.6 Å². The molecule has 2 aliphatic rings. The summed E-state index contributed by atoms with van der Waals surface area (Å²) >= 11 is 3.39. The lowest BCUT2D eigenvalue weighted by Crippen LogP contribution is -2.41. The number of carbonyl (C=O) groups is 1. The van der Waals surface area contributed by atoms with E-state index in [0.29, 0.717) is 0 Å². The smallest absolute Gasteiger partial charge is 0.258 e. The second-order valence-corrected chi connectivity index (χ2v) is 7.85. The number of rotatable bonds is 5. The molecule has 1 aliphatic carbocycles. The first kappa shape index (κ1) is 17.7. The van der Waals surface area contributed by atoms with Gasteiger partial charge in [0.1, 0.15) is 5.75 Å². The zero-order valence-corrected chi connectivity index (χ0v) is 15.8. The third-order valence-corrected chi connectivity index (χ3v) is 5.64. The van der Waals surface area contributed by atoms with Gasteiger partial charge in [-0.25, -0.2) is 0 Å². The van der Waals surface area contributed by atoms with Crippen molar-refractivity contribution in [1.29, 1.82) is 0 Å². The highest BCUT2D eigenvalue weighted by Crippen LogP contribution is 2.25. The van der Waals surface area contributed by atoms with Crippen molar-refractivity contribution >= 4 is 21.8 Å². The number of likely N-dealkylation sites (tertiary alicyclic amines) is 1. The van der Waals surface area contributed by atoms with E-state index in [1.54, 1.807) is 0 Å². The number of ether oxygens (including phenoxy) is 1. The molecule has 4 nitrogen and oxygen atoms in total. The molecule has 1 saturated heterocycles. The number of benzene rings is 1. The standard InChI is InChI=1S/C19H27BrN2O2/c20-15-7-9-18(10-8-15)24-14-19(23)21-16-11-12-22(13-16)17-5-3-1-2-4-6-17/h7-10,16-17H,1-6,11-14H2,(H,21,23). The maximum absolute atomic E-state index is 12.1. The Bertz CT molecular complexity index is 527. The summed E-state index contributed by atoms with van der Waals surface area (Å²) in [5.41, 5.74) is 0. The lowest BCUT2D eigenvalue weighted by molar-refractivity contribution is -0.123. The predicted octanol–water partition coefficient (Wildman–Crippen LogP) is 3.74. The third-order valence-electron chi connectivity index (χ3n) is 5.11. The van der Waals surface area contributed by atoms with Crippen molar-refractivity contribution in [3.05, 3.63) is 28.7 Å². The summed E-state index contributed by atoms with van der Waals surface area (Å²) in [4.78, 5) is 14.7. The molecule has 3 rings (SSSR count). The molecule has 0 radical (unpaired) electrons. The van der Waals surface area contributed by atoms with E-state index in [2.05, 4.69) is 26.1 Å². The van der Waals surface area contributed by atoms with Gasteiger partial charge in [0.15, 0.2) is 6.61 Å². The van der Waals surface area contributed by atoms with Crippen molar-refractivity contribution in [2.45, 2.75) is 57.0 Å². The molecule has 132 valence electrons. The van der Waals surface area contributed by atoms with Crippen LogP contribution in [0.15, 0.2) is 28.7 Å². The molecular formula is C19H27BrN2O2. The third kappa shape index (κ3) is 5.21. The maximum atomic E-state index is 12.1. The van der Waals surface area contributed by atoms with Gasteiger partial charge >= 0.3 is 0 Å². The Balaban J connectivity index is 1.39. The highest BCUT2D eigenvalue weighted by atomic mass is 79.9. The lowest BCUT2D eigenvalue weighted by atomic mass is 10.1. The highest BCUT2D eigenvalue weighted by Gasteiger charge is 2.29. The van der Waals surface area contributed by atoms with E-state index in [1.807, 2.05) is 24.3 Å². The molecule has 1 aromatic rings. The van der Waals surface area contributed by atoms with Gasteiger partial charge in [-0.2, -0.15) is 0 Å². The summed E-state index contributed by atoms with van der Waals surface area (Å²) in [5.74, 6) is 0.700. The second kappa shape index (κ2) is 8.86. The first-order chi connectivity index (χ1) is 11.7. The predicted molar refractivity (Wildman–Crippen MR) is 99.2 cm³/mol. The first-order valence-electron chi connectivity index (χ1n) is 9.12. The fourth-order valence-corrected chi connectivity index (χ4v) is 4.07. The summed E-state index contributed by atoms with van der Waals surface area (Å²) in [5, 5.41) is 3.13. The Labute approximate surface area is 153 Å². The van der Waals surface area contributed by atoms with Crippen molar-refractivity contribution in [2.24, 2.45) is 0 Å². The Morgan fingerprint density at radius 3 is 2.54 bits per heavy atom. The molecule has 1 aromatic carbocycles. The maximum Gasteiger partial charge on any atom is 0.258 e. The molecule has 1 saturated carbocycles. The van der Waals surface area contributed by atoms with E-state index in [1.165, 1.54) is 38.5 Å². The molecule has 1 unspecified atom stereocenters. The van der Waals surface area contributed by atoms with Crippen LogP contribution in [0.3, 0.4) is 0 Å². The van der Waals surface area contributed by atoms with Gasteiger partial charge in [-0.15, -0.1) is 0 Å². The summed E-state index contributed by atoms with van der Waals surface area (Å²) in [6.07, 6.45) is 9.20. The Kier molecular flexibility index (Phi) is 6.55. The average molecular weight is 395 g/mol. The molecule has 2 fully saturated rings. The molecular weight excluding hydrogens is 368 g/mol. The Morgan fingerprint density at radius 1 is 1.12 bits per heavy atom. The minimum absolute atomic E-state index is 0.0226. The van der Waals surface area contributed by atoms with Gasteiger partial charge in [0.2, 0.25) is 0 Å². The minimum atomic E-state index is -0.0226. The quantitative estimate of drug-likeness (QED) is 0.773. The number of hydrogen-bond acceptors (Lipinski definition) is 3. The van der Waals surface area contributed by atoms with Crippen molar-refractivity contribution in [1.82, 2.24) is 10.2 Å². The molecule has 1 aliphatic heterocycles. The average Bonchev–Trinajstić information content (AvgIpc) is 2.87. The minimum Gasteiger partial charge on any atom is -0.484 e. The van der Waals surface area contributed by atoms with Crippen LogP contribution >= 0.6 is 15.9 Å². The van der Waals surface area contributed by atoms with E-state index in [4.69, 9.17) is 4.74 Å². The summed E-state index contributed by atoms with van der Waals surface area (Å²) < 4.78 is 6.55. The van der Waals surface area contributed by atoms with Crippen LogP contribution in [0.1, 0.15) is 44.9 Å². The monoisotopic (exact) mass is 394 g/mol. The van der Waals surface area contributed by atoms with Crippen molar-refractivity contribution in [3.63, 3.8) is 0 Å². The van der Waals surface area contributed by atoms with Crippen molar-refractivity contribution < 1.29 is 9.53 Å². The van der Waals surface area contributed by atoms with E-state index in [0.717, 1.165) is 35.8 Å². The first-order valence-corrected chi connectivity index (χ1v) is 9.92.